The van der Waals surface area contributed by atoms with Crippen LogP contribution in [0.3, 0.4) is 0 Å². The Morgan fingerprint density at radius 3 is 2.11 bits per heavy atom. The van der Waals surface area contributed by atoms with Crippen molar-refractivity contribution in [1.82, 2.24) is 14.5 Å². The first kappa shape index (κ1) is 20.1. The van der Waals surface area contributed by atoms with Crippen LogP contribution < -0.4 is 0 Å². The minimum absolute atomic E-state index is 0.103. The van der Waals surface area contributed by atoms with Crippen molar-refractivity contribution in [1.29, 1.82) is 0 Å². The van der Waals surface area contributed by atoms with E-state index in [4.69, 9.17) is 0 Å². The van der Waals surface area contributed by atoms with Crippen LogP contribution in [-0.4, -0.2) is 29.2 Å². The highest BCUT2D eigenvalue weighted by Crippen LogP contribution is 2.35. The number of alkyl halides is 6. The highest BCUT2D eigenvalue weighted by atomic mass is 32.2. The van der Waals surface area contributed by atoms with Gasteiger partial charge in [-0.05, 0) is 24.3 Å². The number of fused-ring (bicyclic) bond motifs is 1. The zero-order valence-corrected chi connectivity index (χ0v) is 15.0. The minimum atomic E-state index is -4.82. The number of nitrogens with zero attached hydrogens (tertiary/aromatic N) is 3. The van der Waals surface area contributed by atoms with Crippen LogP contribution in [0.4, 0.5) is 26.3 Å². The van der Waals surface area contributed by atoms with E-state index in [1.807, 2.05) is 0 Å². The molecule has 150 valence electrons. The molecule has 0 atom stereocenters. The largest absolute Gasteiger partial charge is 0.417 e. The van der Waals surface area contributed by atoms with Gasteiger partial charge < -0.3 is 4.57 Å². The van der Waals surface area contributed by atoms with E-state index in [1.54, 1.807) is 0 Å². The Morgan fingerprint density at radius 2 is 1.57 bits per heavy atom. The maximum Gasteiger partial charge on any atom is 0.417 e. The number of halogens is 6. The average Bonchev–Trinajstić information content (AvgIpc) is 2.88. The number of rotatable bonds is 2. The summed E-state index contributed by atoms with van der Waals surface area (Å²) >= 11 is 0. The normalized spacial score (nSPS) is 13.3. The number of pyridine rings is 1. The Kier molecular flexibility index (Phi) is 4.45. The molecule has 1 aromatic carbocycles. The fourth-order valence-corrected chi connectivity index (χ4v) is 3.47. The molecule has 0 aliphatic rings. The maximum absolute atomic E-state index is 12.9. The number of benzene rings is 1. The molecule has 3 aromatic rings. The fourth-order valence-electron chi connectivity index (χ4n) is 2.64. The number of hydrogen-bond acceptors (Lipinski definition) is 4. The van der Waals surface area contributed by atoms with Crippen LogP contribution in [0.25, 0.3) is 22.6 Å². The molecule has 0 N–H and O–H groups in total. The molecule has 0 bridgehead atoms. The molecule has 28 heavy (non-hydrogen) atoms. The lowest BCUT2D eigenvalue weighted by Crippen LogP contribution is -2.11. The second kappa shape index (κ2) is 6.19. The third-order valence-corrected chi connectivity index (χ3v) is 5.11. The lowest BCUT2D eigenvalue weighted by atomic mass is 10.2. The number of aryl methyl sites for hydroxylation is 1. The van der Waals surface area contributed by atoms with Crippen LogP contribution in [0, 0.1) is 0 Å². The van der Waals surface area contributed by atoms with Gasteiger partial charge in [-0.15, -0.1) is 0 Å². The second-order valence-corrected chi connectivity index (χ2v) is 8.02. The van der Waals surface area contributed by atoms with Gasteiger partial charge in [-0.3, -0.25) is 4.98 Å². The highest BCUT2D eigenvalue weighted by molar-refractivity contribution is 7.90. The molecular formula is C16H11F6N3O2S. The van der Waals surface area contributed by atoms with Crippen LogP contribution >= 0.6 is 0 Å². The van der Waals surface area contributed by atoms with Gasteiger partial charge in [0, 0.05) is 19.5 Å². The molecule has 0 aliphatic carbocycles. The zero-order chi connectivity index (χ0) is 21.1. The standard InChI is InChI=1S/C16H11F6N3O2S/c1-25-11-4-3-8(15(17,18)19)5-10(11)24-14(25)13-12(28(2,26)27)6-9(7-23-13)16(20,21)22/h3-7H,1-2H3. The molecule has 12 heteroatoms. The Hall–Kier alpha value is -2.63. The van der Waals surface area contributed by atoms with E-state index in [0.29, 0.717) is 18.5 Å². The van der Waals surface area contributed by atoms with Crippen LogP contribution in [-0.2, 0) is 29.2 Å². The summed E-state index contributed by atoms with van der Waals surface area (Å²) < 4.78 is 103. The lowest BCUT2D eigenvalue weighted by molar-refractivity contribution is -0.138. The quantitative estimate of drug-likeness (QED) is 0.583. The third kappa shape index (κ3) is 3.55. The molecule has 0 amide bonds. The molecule has 0 fully saturated rings. The molecule has 5 nitrogen and oxygen atoms in total. The molecule has 0 radical (unpaired) electrons. The van der Waals surface area contributed by atoms with Crippen molar-refractivity contribution in [2.45, 2.75) is 17.2 Å². The Labute approximate surface area is 154 Å². The SMILES string of the molecule is Cn1c(-c2ncc(C(F)(F)F)cc2S(C)(=O)=O)nc2cc(C(F)(F)F)ccc21. The predicted molar refractivity (Wildman–Crippen MR) is 87.1 cm³/mol. The first-order chi connectivity index (χ1) is 12.7. The topological polar surface area (TPSA) is 64.8 Å². The molecule has 0 unspecified atom stereocenters. The summed E-state index contributed by atoms with van der Waals surface area (Å²) in [5, 5.41) is 0. The smallest absolute Gasteiger partial charge is 0.326 e. The number of sulfone groups is 1. The Morgan fingerprint density at radius 1 is 0.964 bits per heavy atom. The maximum atomic E-state index is 12.9. The third-order valence-electron chi connectivity index (χ3n) is 4.00. The lowest BCUT2D eigenvalue weighted by Gasteiger charge is -2.11. The first-order valence-electron chi connectivity index (χ1n) is 7.51. The van der Waals surface area contributed by atoms with Crippen LogP contribution in [0.15, 0.2) is 35.4 Å². The molecule has 2 aromatic heterocycles. The molecule has 3 rings (SSSR count). The van der Waals surface area contributed by atoms with Gasteiger partial charge in [0.25, 0.3) is 0 Å². The van der Waals surface area contributed by atoms with Gasteiger partial charge in [0.05, 0.1) is 27.1 Å². The number of hydrogen-bond donors (Lipinski definition) is 0. The van der Waals surface area contributed by atoms with Crippen LogP contribution in [0.5, 0.6) is 0 Å². The molecular weight excluding hydrogens is 412 g/mol. The van der Waals surface area contributed by atoms with Crippen LogP contribution in [0.1, 0.15) is 11.1 Å². The van der Waals surface area contributed by atoms with Gasteiger partial charge in [0.2, 0.25) is 0 Å². The van der Waals surface area contributed by atoms with Gasteiger partial charge in [-0.25, -0.2) is 13.4 Å². The monoisotopic (exact) mass is 423 g/mol. The molecule has 0 saturated carbocycles. The van der Waals surface area contributed by atoms with Crippen molar-refractivity contribution in [3.05, 3.63) is 41.6 Å². The van der Waals surface area contributed by atoms with Gasteiger partial charge in [-0.1, -0.05) is 0 Å². The van der Waals surface area contributed by atoms with E-state index in [2.05, 4.69) is 9.97 Å². The number of imidazole rings is 1. The van der Waals surface area contributed by atoms with E-state index in [1.165, 1.54) is 11.6 Å². The van der Waals surface area contributed by atoms with Crippen molar-refractivity contribution >= 4 is 20.9 Å². The van der Waals surface area contributed by atoms with Crippen molar-refractivity contribution in [3.8, 4) is 11.5 Å². The zero-order valence-electron chi connectivity index (χ0n) is 14.2. The van der Waals surface area contributed by atoms with Gasteiger partial charge in [0.1, 0.15) is 5.69 Å². The number of aromatic nitrogens is 3. The van der Waals surface area contributed by atoms with E-state index >= 15 is 0 Å². The molecule has 0 aliphatic heterocycles. The summed E-state index contributed by atoms with van der Waals surface area (Å²) in [7, 11) is -2.75. The summed E-state index contributed by atoms with van der Waals surface area (Å²) in [6, 6.07) is 3.16. The summed E-state index contributed by atoms with van der Waals surface area (Å²) in [6.07, 6.45) is -8.28. The fraction of sp³-hybridized carbons (Fsp3) is 0.250. The first-order valence-corrected chi connectivity index (χ1v) is 9.40. The predicted octanol–water partition coefficient (Wildman–Crippen LogP) is 4.08. The summed E-state index contributed by atoms with van der Waals surface area (Å²) in [4.78, 5) is 6.86. The van der Waals surface area contributed by atoms with Gasteiger partial charge in [-0.2, -0.15) is 26.3 Å². The Bertz CT molecular complexity index is 1180. The summed E-state index contributed by atoms with van der Waals surface area (Å²) in [5.74, 6) is -0.177. The average molecular weight is 423 g/mol. The van der Waals surface area contributed by atoms with E-state index in [0.717, 1.165) is 18.2 Å². The van der Waals surface area contributed by atoms with Gasteiger partial charge in [0.15, 0.2) is 15.7 Å². The van der Waals surface area contributed by atoms with E-state index in [-0.39, 0.29) is 22.6 Å². The highest BCUT2D eigenvalue weighted by Gasteiger charge is 2.34. The van der Waals surface area contributed by atoms with Crippen molar-refractivity contribution in [3.63, 3.8) is 0 Å². The molecule has 2 heterocycles. The van der Waals surface area contributed by atoms with E-state index in [9.17, 15) is 34.8 Å². The molecule has 0 spiro atoms. The summed E-state index contributed by atoms with van der Waals surface area (Å²) in [6.45, 7) is 0. The van der Waals surface area contributed by atoms with Crippen molar-refractivity contribution in [2.75, 3.05) is 6.26 Å². The van der Waals surface area contributed by atoms with E-state index < -0.39 is 38.2 Å². The van der Waals surface area contributed by atoms with Crippen molar-refractivity contribution < 1.29 is 34.8 Å². The van der Waals surface area contributed by atoms with Crippen molar-refractivity contribution in [2.24, 2.45) is 7.05 Å². The Balaban J connectivity index is 2.29. The minimum Gasteiger partial charge on any atom is -0.326 e. The second-order valence-electron chi connectivity index (χ2n) is 6.04. The van der Waals surface area contributed by atoms with Crippen LogP contribution in [0.2, 0.25) is 0 Å². The summed E-state index contributed by atoms with van der Waals surface area (Å²) in [5.41, 5.74) is -2.50. The van der Waals surface area contributed by atoms with Gasteiger partial charge >= 0.3 is 12.4 Å². The molecule has 0 saturated heterocycles.